The van der Waals surface area contributed by atoms with Crippen LogP contribution in [-0.4, -0.2) is 16.3 Å². The molecule has 7 heavy (non-hydrogen) atoms. The SMILES string of the molecule is CCP(=O)(O)NO. The van der Waals surface area contributed by atoms with Gasteiger partial charge in [-0.3, -0.25) is 4.57 Å². The summed E-state index contributed by atoms with van der Waals surface area (Å²) in [5, 5.41) is 9.13. The van der Waals surface area contributed by atoms with Crippen LogP contribution in [0.15, 0.2) is 0 Å². The van der Waals surface area contributed by atoms with Gasteiger partial charge in [0.25, 0.3) is 7.52 Å². The van der Waals surface area contributed by atoms with Crippen molar-refractivity contribution in [2.75, 3.05) is 6.16 Å². The van der Waals surface area contributed by atoms with E-state index in [2.05, 4.69) is 0 Å². The van der Waals surface area contributed by atoms with Crippen LogP contribution in [0.25, 0.3) is 0 Å². The van der Waals surface area contributed by atoms with Crippen LogP contribution < -0.4 is 5.25 Å². The molecule has 0 aromatic carbocycles. The molecule has 0 aliphatic heterocycles. The molecule has 0 radical (unpaired) electrons. The topological polar surface area (TPSA) is 69.6 Å². The van der Waals surface area contributed by atoms with E-state index in [9.17, 15) is 4.57 Å². The van der Waals surface area contributed by atoms with Gasteiger partial charge in [-0.1, -0.05) is 6.92 Å². The minimum Gasteiger partial charge on any atom is -0.332 e. The zero-order valence-corrected chi connectivity index (χ0v) is 4.85. The Morgan fingerprint density at radius 3 is 2.29 bits per heavy atom. The Bertz CT molecular complexity index is 84.9. The molecule has 0 amide bonds. The first kappa shape index (κ1) is 7.11. The van der Waals surface area contributed by atoms with Crippen molar-refractivity contribution in [2.45, 2.75) is 6.92 Å². The highest BCUT2D eigenvalue weighted by Gasteiger charge is 2.10. The lowest BCUT2D eigenvalue weighted by atomic mass is 11.0. The number of hydrogen-bond acceptors (Lipinski definition) is 2. The van der Waals surface area contributed by atoms with Crippen LogP contribution in [0.4, 0.5) is 0 Å². The molecule has 0 aliphatic rings. The second-order valence-electron chi connectivity index (χ2n) is 1.12. The summed E-state index contributed by atoms with van der Waals surface area (Å²) < 4.78 is 10.1. The second kappa shape index (κ2) is 2.43. The Morgan fingerprint density at radius 1 is 1.86 bits per heavy atom. The maximum Gasteiger partial charge on any atom is 0.289 e. The first-order chi connectivity index (χ1) is 3.12. The van der Waals surface area contributed by atoms with Crippen LogP contribution >= 0.6 is 7.52 Å². The molecular weight excluding hydrogens is 117 g/mol. The molecule has 0 heterocycles. The fourth-order valence-electron chi connectivity index (χ4n) is 0.0707. The van der Waals surface area contributed by atoms with Crippen LogP contribution in [0.5, 0.6) is 0 Å². The molecule has 0 spiro atoms. The summed E-state index contributed by atoms with van der Waals surface area (Å²) in [4.78, 5) is 8.33. The quantitative estimate of drug-likeness (QED) is 0.363. The van der Waals surface area contributed by atoms with Gasteiger partial charge in [-0.15, -0.1) is 5.25 Å². The Balaban J connectivity index is 3.61. The van der Waals surface area contributed by atoms with Gasteiger partial charge in [-0.25, -0.2) is 0 Å². The highest BCUT2D eigenvalue weighted by Crippen LogP contribution is 2.32. The second-order valence-corrected chi connectivity index (χ2v) is 3.35. The van der Waals surface area contributed by atoms with Crippen molar-refractivity contribution in [3.63, 3.8) is 0 Å². The molecule has 3 N–H and O–H groups in total. The minimum absolute atomic E-state index is 0.0451. The van der Waals surface area contributed by atoms with Crippen LogP contribution in [-0.2, 0) is 4.57 Å². The van der Waals surface area contributed by atoms with E-state index in [0.29, 0.717) is 0 Å². The molecule has 4 nitrogen and oxygen atoms in total. The van der Waals surface area contributed by atoms with Gasteiger partial charge in [-0.2, -0.15) is 0 Å². The third kappa shape index (κ3) is 2.76. The Hall–Kier alpha value is 0.110. The third-order valence-corrected chi connectivity index (χ3v) is 1.75. The van der Waals surface area contributed by atoms with Gasteiger partial charge in [0.1, 0.15) is 0 Å². The van der Waals surface area contributed by atoms with Gasteiger partial charge < -0.3 is 10.1 Å². The maximum absolute atomic E-state index is 10.1. The lowest BCUT2D eigenvalue weighted by Gasteiger charge is -2.01. The lowest BCUT2D eigenvalue weighted by Crippen LogP contribution is -2.03. The predicted octanol–water partition coefficient (Wildman–Crippen LogP) is 0.170. The van der Waals surface area contributed by atoms with E-state index < -0.39 is 7.52 Å². The minimum atomic E-state index is -3.35. The molecule has 0 saturated carbocycles. The average Bonchev–Trinajstić information content (AvgIpc) is 1.68. The zero-order chi connectivity index (χ0) is 5.91. The summed E-state index contributed by atoms with van der Waals surface area (Å²) in [6, 6.07) is 0. The first-order valence-corrected chi connectivity index (χ1v) is 3.70. The molecule has 0 rings (SSSR count). The molecule has 1 atom stereocenters. The van der Waals surface area contributed by atoms with E-state index in [1.54, 1.807) is 0 Å². The Kier molecular flexibility index (Phi) is 2.46. The van der Waals surface area contributed by atoms with Crippen molar-refractivity contribution in [1.29, 1.82) is 0 Å². The molecule has 0 fully saturated rings. The maximum atomic E-state index is 10.1. The summed E-state index contributed by atoms with van der Waals surface area (Å²) in [5.41, 5.74) is 0. The van der Waals surface area contributed by atoms with E-state index in [1.807, 2.05) is 0 Å². The van der Waals surface area contributed by atoms with Crippen LogP contribution in [0.3, 0.4) is 0 Å². The summed E-state index contributed by atoms with van der Waals surface area (Å²) in [6.07, 6.45) is 0.0451. The normalized spacial score (nSPS) is 18.7. The standard InChI is InChI=1S/C2H8NO3P/c1-2-7(5,6)3-4/h4H,2H2,1H3,(H2,3,5,6). The van der Waals surface area contributed by atoms with E-state index in [0.717, 1.165) is 0 Å². The fraction of sp³-hybridized carbons (Fsp3) is 1.00. The smallest absolute Gasteiger partial charge is 0.289 e. The van der Waals surface area contributed by atoms with Gasteiger partial charge in [-0.05, 0) is 0 Å². The lowest BCUT2D eigenvalue weighted by molar-refractivity contribution is 0.223. The van der Waals surface area contributed by atoms with Crippen molar-refractivity contribution >= 4 is 7.52 Å². The van der Waals surface area contributed by atoms with Gasteiger partial charge in [0.15, 0.2) is 0 Å². The van der Waals surface area contributed by atoms with Gasteiger partial charge in [0, 0.05) is 6.16 Å². The average molecular weight is 125 g/mol. The van der Waals surface area contributed by atoms with E-state index >= 15 is 0 Å². The molecular formula is C2H8NO3P. The third-order valence-electron chi connectivity index (χ3n) is 0.585. The largest absolute Gasteiger partial charge is 0.332 e. The molecule has 0 aromatic rings. The summed E-state index contributed by atoms with van der Waals surface area (Å²) in [6.45, 7) is 1.50. The van der Waals surface area contributed by atoms with Crippen molar-refractivity contribution < 1.29 is 14.7 Å². The van der Waals surface area contributed by atoms with E-state index in [4.69, 9.17) is 10.1 Å². The highest BCUT2D eigenvalue weighted by atomic mass is 31.2. The van der Waals surface area contributed by atoms with Gasteiger partial charge in [0.2, 0.25) is 0 Å². The predicted molar refractivity (Wildman–Crippen MR) is 25.3 cm³/mol. The molecule has 1 unspecified atom stereocenters. The molecule has 0 bridgehead atoms. The van der Waals surface area contributed by atoms with Crippen molar-refractivity contribution in [2.24, 2.45) is 0 Å². The van der Waals surface area contributed by atoms with E-state index in [1.165, 1.54) is 12.2 Å². The Morgan fingerprint density at radius 2 is 2.29 bits per heavy atom. The van der Waals surface area contributed by atoms with Crippen LogP contribution in [0.1, 0.15) is 6.92 Å². The highest BCUT2D eigenvalue weighted by molar-refractivity contribution is 7.55. The molecule has 0 saturated heterocycles. The number of nitrogens with one attached hydrogen (secondary N) is 1. The fourth-order valence-corrected chi connectivity index (χ4v) is 0.212. The first-order valence-electron chi connectivity index (χ1n) is 1.85. The summed E-state index contributed by atoms with van der Waals surface area (Å²) in [5.74, 6) is 0. The molecule has 5 heteroatoms. The number of rotatable bonds is 2. The van der Waals surface area contributed by atoms with Gasteiger partial charge >= 0.3 is 0 Å². The zero-order valence-electron chi connectivity index (χ0n) is 3.96. The molecule has 44 valence electrons. The number of hydrogen-bond donors (Lipinski definition) is 3. The van der Waals surface area contributed by atoms with Crippen LogP contribution in [0.2, 0.25) is 0 Å². The van der Waals surface area contributed by atoms with Gasteiger partial charge in [0.05, 0.1) is 0 Å². The molecule has 0 aromatic heterocycles. The summed E-state index contributed by atoms with van der Waals surface area (Å²) in [7, 11) is -3.35. The van der Waals surface area contributed by atoms with Crippen molar-refractivity contribution in [3.05, 3.63) is 0 Å². The van der Waals surface area contributed by atoms with Crippen LogP contribution in [0, 0.1) is 0 Å². The Labute approximate surface area is 41.6 Å². The molecule has 0 aliphatic carbocycles. The summed E-state index contributed by atoms with van der Waals surface area (Å²) >= 11 is 0. The van der Waals surface area contributed by atoms with Crippen molar-refractivity contribution in [3.8, 4) is 0 Å². The monoisotopic (exact) mass is 125 g/mol. The van der Waals surface area contributed by atoms with E-state index in [-0.39, 0.29) is 6.16 Å². The van der Waals surface area contributed by atoms with Crippen molar-refractivity contribution in [1.82, 2.24) is 5.25 Å².